The molecule has 5 heteroatoms. The second-order valence-corrected chi connectivity index (χ2v) is 6.17. The SMILES string of the molecule is C=CCN1CCOCC2(C1)CN(Cc1ccncc1)CCO2. The predicted molar refractivity (Wildman–Crippen MR) is 85.7 cm³/mol. The summed E-state index contributed by atoms with van der Waals surface area (Å²) in [6.07, 6.45) is 5.66. The quantitative estimate of drug-likeness (QED) is 0.781. The second kappa shape index (κ2) is 7.33. The van der Waals surface area contributed by atoms with E-state index in [1.807, 2.05) is 18.5 Å². The fraction of sp³-hybridized carbons (Fsp3) is 0.588. The van der Waals surface area contributed by atoms with E-state index in [1.165, 1.54) is 5.56 Å². The van der Waals surface area contributed by atoms with Gasteiger partial charge in [0.15, 0.2) is 0 Å². The molecule has 3 rings (SSSR count). The summed E-state index contributed by atoms with van der Waals surface area (Å²) in [5, 5.41) is 0. The van der Waals surface area contributed by atoms with E-state index < -0.39 is 0 Å². The number of pyridine rings is 1. The molecule has 0 aliphatic carbocycles. The Labute approximate surface area is 132 Å². The summed E-state index contributed by atoms with van der Waals surface area (Å²) in [5.74, 6) is 0. The molecule has 0 N–H and O–H groups in total. The minimum absolute atomic E-state index is 0.217. The van der Waals surface area contributed by atoms with E-state index >= 15 is 0 Å². The van der Waals surface area contributed by atoms with Crippen LogP contribution >= 0.6 is 0 Å². The van der Waals surface area contributed by atoms with Crippen molar-refractivity contribution in [3.63, 3.8) is 0 Å². The first-order chi connectivity index (χ1) is 10.8. The van der Waals surface area contributed by atoms with Crippen molar-refractivity contribution in [2.45, 2.75) is 12.1 Å². The Morgan fingerprint density at radius 2 is 1.95 bits per heavy atom. The molecule has 0 radical (unpaired) electrons. The molecule has 0 saturated carbocycles. The number of rotatable bonds is 4. The van der Waals surface area contributed by atoms with E-state index in [4.69, 9.17) is 9.47 Å². The van der Waals surface area contributed by atoms with E-state index in [1.54, 1.807) is 0 Å². The molecule has 2 fully saturated rings. The summed E-state index contributed by atoms with van der Waals surface area (Å²) in [4.78, 5) is 8.91. The fourth-order valence-electron chi connectivity index (χ4n) is 3.31. The average Bonchev–Trinajstić information content (AvgIpc) is 2.71. The highest BCUT2D eigenvalue weighted by Gasteiger charge is 2.39. The zero-order valence-electron chi connectivity index (χ0n) is 13.1. The molecule has 3 heterocycles. The van der Waals surface area contributed by atoms with Crippen LogP contribution in [0.1, 0.15) is 5.56 Å². The summed E-state index contributed by atoms with van der Waals surface area (Å²) in [5.41, 5.74) is 1.08. The van der Waals surface area contributed by atoms with Crippen LogP contribution in [0.15, 0.2) is 37.2 Å². The van der Waals surface area contributed by atoms with Crippen molar-refractivity contribution in [1.82, 2.24) is 14.8 Å². The van der Waals surface area contributed by atoms with Crippen molar-refractivity contribution in [2.75, 3.05) is 52.5 Å². The number of hydrogen-bond acceptors (Lipinski definition) is 5. The highest BCUT2D eigenvalue weighted by atomic mass is 16.5. The van der Waals surface area contributed by atoms with Crippen molar-refractivity contribution in [3.8, 4) is 0 Å². The van der Waals surface area contributed by atoms with E-state index in [0.717, 1.165) is 52.5 Å². The summed E-state index contributed by atoms with van der Waals surface area (Å²) < 4.78 is 12.0. The van der Waals surface area contributed by atoms with Crippen LogP contribution in [-0.2, 0) is 16.0 Å². The van der Waals surface area contributed by atoms with Crippen LogP contribution in [0, 0.1) is 0 Å². The minimum atomic E-state index is -0.217. The maximum absolute atomic E-state index is 6.18. The van der Waals surface area contributed by atoms with Gasteiger partial charge in [-0.25, -0.2) is 0 Å². The molecule has 2 aliphatic rings. The minimum Gasteiger partial charge on any atom is -0.377 e. The maximum Gasteiger partial charge on any atom is 0.117 e. The molecule has 2 aliphatic heterocycles. The Balaban J connectivity index is 1.66. The third kappa shape index (κ3) is 3.93. The summed E-state index contributed by atoms with van der Waals surface area (Å²) >= 11 is 0. The summed E-state index contributed by atoms with van der Waals surface area (Å²) in [7, 11) is 0. The van der Waals surface area contributed by atoms with Crippen LogP contribution in [0.25, 0.3) is 0 Å². The normalized spacial score (nSPS) is 27.6. The van der Waals surface area contributed by atoms with Gasteiger partial charge in [0.2, 0.25) is 0 Å². The Hall–Kier alpha value is -1.27. The van der Waals surface area contributed by atoms with E-state index in [9.17, 15) is 0 Å². The predicted octanol–water partition coefficient (Wildman–Crippen LogP) is 1.17. The molecular formula is C17H25N3O2. The van der Waals surface area contributed by atoms with E-state index in [-0.39, 0.29) is 5.60 Å². The van der Waals surface area contributed by atoms with Gasteiger partial charge < -0.3 is 9.47 Å². The number of nitrogens with zero attached hydrogens (tertiary/aromatic N) is 3. The molecule has 120 valence electrons. The molecule has 22 heavy (non-hydrogen) atoms. The molecule has 1 spiro atoms. The van der Waals surface area contributed by atoms with Crippen LogP contribution in [-0.4, -0.2) is 72.9 Å². The first-order valence-corrected chi connectivity index (χ1v) is 7.96. The van der Waals surface area contributed by atoms with Gasteiger partial charge in [0.25, 0.3) is 0 Å². The fourth-order valence-corrected chi connectivity index (χ4v) is 3.31. The zero-order valence-corrected chi connectivity index (χ0v) is 13.1. The van der Waals surface area contributed by atoms with Gasteiger partial charge in [0.1, 0.15) is 5.60 Å². The highest BCUT2D eigenvalue weighted by Crippen LogP contribution is 2.23. The molecule has 2 saturated heterocycles. The molecule has 1 unspecified atom stereocenters. The summed E-state index contributed by atoms with van der Waals surface area (Å²) in [6.45, 7) is 11.6. The number of morpholine rings is 1. The topological polar surface area (TPSA) is 37.8 Å². The van der Waals surface area contributed by atoms with Crippen LogP contribution in [0.4, 0.5) is 0 Å². The van der Waals surface area contributed by atoms with E-state index in [2.05, 4.69) is 33.5 Å². The first kappa shape index (κ1) is 15.6. The van der Waals surface area contributed by atoms with Crippen molar-refractivity contribution in [1.29, 1.82) is 0 Å². The van der Waals surface area contributed by atoms with Gasteiger partial charge in [-0.2, -0.15) is 0 Å². The van der Waals surface area contributed by atoms with Crippen molar-refractivity contribution < 1.29 is 9.47 Å². The maximum atomic E-state index is 6.18. The molecular weight excluding hydrogens is 278 g/mol. The van der Waals surface area contributed by atoms with Crippen LogP contribution in [0.2, 0.25) is 0 Å². The number of hydrogen-bond donors (Lipinski definition) is 0. The van der Waals surface area contributed by atoms with Crippen molar-refractivity contribution in [2.24, 2.45) is 0 Å². The van der Waals surface area contributed by atoms with Crippen LogP contribution in [0.3, 0.4) is 0 Å². The lowest BCUT2D eigenvalue weighted by molar-refractivity contribution is -0.142. The Kier molecular flexibility index (Phi) is 5.20. The number of aromatic nitrogens is 1. The molecule has 0 amide bonds. The van der Waals surface area contributed by atoms with Gasteiger partial charge >= 0.3 is 0 Å². The zero-order chi connectivity index (χ0) is 15.3. The third-order valence-electron chi connectivity index (χ3n) is 4.30. The average molecular weight is 303 g/mol. The lowest BCUT2D eigenvalue weighted by atomic mass is 10.0. The standard InChI is InChI=1S/C17H25N3O2/c1-2-7-19-8-10-21-15-17(13-19)14-20(9-11-22-17)12-16-3-5-18-6-4-16/h2-6H,1,7-15H2. The van der Waals surface area contributed by atoms with Gasteiger partial charge in [0, 0.05) is 51.7 Å². The number of ether oxygens (including phenoxy) is 2. The van der Waals surface area contributed by atoms with Gasteiger partial charge in [-0.05, 0) is 17.7 Å². The lowest BCUT2D eigenvalue weighted by Gasteiger charge is -2.43. The Bertz CT molecular complexity index is 482. The molecule has 5 nitrogen and oxygen atoms in total. The highest BCUT2D eigenvalue weighted by molar-refractivity contribution is 5.10. The largest absolute Gasteiger partial charge is 0.377 e. The van der Waals surface area contributed by atoms with E-state index in [0.29, 0.717) is 6.61 Å². The van der Waals surface area contributed by atoms with Crippen molar-refractivity contribution >= 4 is 0 Å². The second-order valence-electron chi connectivity index (χ2n) is 6.17. The van der Waals surface area contributed by atoms with Crippen molar-refractivity contribution in [3.05, 3.63) is 42.7 Å². The smallest absolute Gasteiger partial charge is 0.117 e. The molecule has 1 atom stereocenters. The Morgan fingerprint density at radius 3 is 2.77 bits per heavy atom. The Morgan fingerprint density at radius 1 is 1.18 bits per heavy atom. The van der Waals surface area contributed by atoms with Gasteiger partial charge in [-0.15, -0.1) is 6.58 Å². The first-order valence-electron chi connectivity index (χ1n) is 7.96. The molecule has 0 bridgehead atoms. The van der Waals surface area contributed by atoms with Gasteiger partial charge in [-0.3, -0.25) is 14.8 Å². The monoisotopic (exact) mass is 303 g/mol. The van der Waals surface area contributed by atoms with Gasteiger partial charge in [-0.1, -0.05) is 6.08 Å². The van der Waals surface area contributed by atoms with Crippen LogP contribution < -0.4 is 0 Å². The van der Waals surface area contributed by atoms with Gasteiger partial charge in [0.05, 0.1) is 19.8 Å². The third-order valence-corrected chi connectivity index (χ3v) is 4.30. The van der Waals surface area contributed by atoms with Crippen LogP contribution in [0.5, 0.6) is 0 Å². The molecule has 1 aromatic heterocycles. The molecule has 1 aromatic rings. The molecule has 0 aromatic carbocycles. The summed E-state index contributed by atoms with van der Waals surface area (Å²) in [6, 6.07) is 4.16. The lowest BCUT2D eigenvalue weighted by Crippen LogP contribution is -2.58.